The predicted molar refractivity (Wildman–Crippen MR) is 75.4 cm³/mol. The summed E-state index contributed by atoms with van der Waals surface area (Å²) in [6.45, 7) is 1.22. The lowest BCUT2D eigenvalue weighted by Gasteiger charge is -2.34. The van der Waals surface area contributed by atoms with Crippen molar-refractivity contribution in [1.29, 1.82) is 0 Å². The molecule has 2 fully saturated rings. The lowest BCUT2D eigenvalue weighted by molar-refractivity contribution is -0.384. The Hall–Kier alpha value is -1.99. The summed E-state index contributed by atoms with van der Waals surface area (Å²) in [5, 5.41) is 10.7. The summed E-state index contributed by atoms with van der Waals surface area (Å²) in [6, 6.07) is 5.57. The second kappa shape index (κ2) is 6.02. The van der Waals surface area contributed by atoms with Gasteiger partial charge in [0.25, 0.3) is 5.69 Å². The van der Waals surface area contributed by atoms with Gasteiger partial charge < -0.3 is 14.2 Å². The van der Waals surface area contributed by atoms with Crippen LogP contribution in [-0.4, -0.2) is 36.0 Å². The molecule has 0 radical (unpaired) electrons. The Labute approximate surface area is 127 Å². The summed E-state index contributed by atoms with van der Waals surface area (Å²) >= 11 is 0. The molecule has 3 rings (SSSR count). The van der Waals surface area contributed by atoms with Crippen molar-refractivity contribution >= 4 is 11.7 Å². The number of ether oxygens (including phenoxy) is 3. The molecule has 1 aliphatic carbocycles. The number of non-ortho nitro benzene ring substituents is 1. The van der Waals surface area contributed by atoms with Crippen molar-refractivity contribution in [2.24, 2.45) is 0 Å². The van der Waals surface area contributed by atoms with E-state index in [0.29, 0.717) is 38.9 Å². The van der Waals surface area contributed by atoms with Crippen LogP contribution in [0.3, 0.4) is 0 Å². The van der Waals surface area contributed by atoms with Crippen LogP contribution in [0.1, 0.15) is 36.0 Å². The van der Waals surface area contributed by atoms with Crippen molar-refractivity contribution in [2.45, 2.75) is 37.6 Å². The minimum atomic E-state index is -0.532. The zero-order valence-electron chi connectivity index (χ0n) is 12.0. The van der Waals surface area contributed by atoms with Gasteiger partial charge in [-0.2, -0.15) is 0 Å². The molecular weight excluding hydrogens is 290 g/mol. The van der Waals surface area contributed by atoms with Gasteiger partial charge in [-0.1, -0.05) is 6.07 Å². The molecule has 1 spiro atoms. The zero-order valence-corrected chi connectivity index (χ0v) is 12.0. The van der Waals surface area contributed by atoms with Gasteiger partial charge in [-0.15, -0.1) is 0 Å². The number of carbonyl (C=O) groups excluding carboxylic acids is 1. The molecule has 0 aromatic heterocycles. The van der Waals surface area contributed by atoms with E-state index in [4.69, 9.17) is 14.2 Å². The summed E-state index contributed by atoms with van der Waals surface area (Å²) in [4.78, 5) is 22.3. The second-order valence-electron chi connectivity index (χ2n) is 5.52. The van der Waals surface area contributed by atoms with Crippen molar-refractivity contribution in [3.8, 4) is 0 Å². The smallest absolute Gasteiger partial charge is 0.338 e. The highest BCUT2D eigenvalue weighted by molar-refractivity contribution is 5.90. The first-order valence-electron chi connectivity index (χ1n) is 7.31. The van der Waals surface area contributed by atoms with Crippen LogP contribution in [0.15, 0.2) is 24.3 Å². The molecule has 0 N–H and O–H groups in total. The molecule has 118 valence electrons. The van der Waals surface area contributed by atoms with E-state index in [9.17, 15) is 14.9 Å². The number of benzene rings is 1. The predicted octanol–water partition coefficient (Wildman–Crippen LogP) is 2.44. The van der Waals surface area contributed by atoms with Gasteiger partial charge in [0.15, 0.2) is 5.79 Å². The van der Waals surface area contributed by atoms with Crippen LogP contribution in [0, 0.1) is 10.1 Å². The molecule has 1 aliphatic heterocycles. The lowest BCUT2D eigenvalue weighted by Crippen LogP contribution is -2.38. The Morgan fingerprint density at radius 3 is 2.59 bits per heavy atom. The molecule has 0 amide bonds. The fraction of sp³-hybridized carbons (Fsp3) is 0.533. The van der Waals surface area contributed by atoms with E-state index < -0.39 is 16.7 Å². The number of esters is 1. The SMILES string of the molecule is O=C(OC1CCC2(CC1)OCCO2)c1cccc([N+](=O)[O-])c1. The average Bonchev–Trinajstić information content (AvgIpc) is 2.98. The first-order valence-corrected chi connectivity index (χ1v) is 7.31. The van der Waals surface area contributed by atoms with Crippen LogP contribution in [0.25, 0.3) is 0 Å². The number of rotatable bonds is 3. The number of nitro groups is 1. The van der Waals surface area contributed by atoms with E-state index in [1.807, 2.05) is 0 Å². The highest BCUT2D eigenvalue weighted by Gasteiger charge is 2.41. The molecular formula is C15H17NO6. The molecule has 0 unspecified atom stereocenters. The van der Waals surface area contributed by atoms with E-state index in [1.165, 1.54) is 24.3 Å². The normalized spacial score (nSPS) is 20.9. The third-order valence-electron chi connectivity index (χ3n) is 4.07. The molecule has 7 heteroatoms. The number of hydrogen-bond acceptors (Lipinski definition) is 6. The van der Waals surface area contributed by atoms with E-state index >= 15 is 0 Å². The largest absolute Gasteiger partial charge is 0.459 e. The Morgan fingerprint density at radius 1 is 1.27 bits per heavy atom. The summed E-state index contributed by atoms with van der Waals surface area (Å²) < 4.78 is 16.7. The molecule has 1 heterocycles. The van der Waals surface area contributed by atoms with E-state index in [0.717, 1.165) is 0 Å². The van der Waals surface area contributed by atoms with Crippen molar-refractivity contribution in [1.82, 2.24) is 0 Å². The van der Waals surface area contributed by atoms with Crippen LogP contribution in [0.4, 0.5) is 5.69 Å². The Kier molecular flexibility index (Phi) is 4.08. The monoisotopic (exact) mass is 307 g/mol. The maximum absolute atomic E-state index is 12.1. The van der Waals surface area contributed by atoms with E-state index in [1.54, 1.807) is 0 Å². The van der Waals surface area contributed by atoms with Gasteiger partial charge in [-0.3, -0.25) is 10.1 Å². The second-order valence-corrected chi connectivity index (χ2v) is 5.52. The highest BCUT2D eigenvalue weighted by atomic mass is 16.7. The van der Waals surface area contributed by atoms with Gasteiger partial charge in [0.2, 0.25) is 0 Å². The van der Waals surface area contributed by atoms with E-state index in [-0.39, 0.29) is 17.4 Å². The van der Waals surface area contributed by atoms with Gasteiger partial charge in [-0.05, 0) is 18.9 Å². The summed E-state index contributed by atoms with van der Waals surface area (Å²) in [6.07, 6.45) is 2.52. The van der Waals surface area contributed by atoms with Crippen molar-refractivity contribution < 1.29 is 23.9 Å². The summed E-state index contributed by atoms with van der Waals surface area (Å²) in [7, 11) is 0. The molecule has 1 saturated carbocycles. The Morgan fingerprint density at radius 2 is 1.95 bits per heavy atom. The van der Waals surface area contributed by atoms with Gasteiger partial charge in [0.05, 0.1) is 23.7 Å². The highest BCUT2D eigenvalue weighted by Crippen LogP contribution is 2.36. The molecule has 2 aliphatic rings. The molecule has 22 heavy (non-hydrogen) atoms. The summed E-state index contributed by atoms with van der Waals surface area (Å²) in [5.74, 6) is -1.02. The third kappa shape index (κ3) is 3.10. The average molecular weight is 307 g/mol. The van der Waals surface area contributed by atoms with Crippen molar-refractivity contribution in [2.75, 3.05) is 13.2 Å². The number of carbonyl (C=O) groups is 1. The number of hydrogen-bond donors (Lipinski definition) is 0. The van der Waals surface area contributed by atoms with Crippen LogP contribution < -0.4 is 0 Å². The Bertz CT molecular complexity index is 571. The lowest BCUT2D eigenvalue weighted by atomic mass is 9.92. The number of nitro benzene ring substituents is 1. The van der Waals surface area contributed by atoms with Crippen LogP contribution in [-0.2, 0) is 14.2 Å². The standard InChI is InChI=1S/C15H17NO6/c17-14(11-2-1-3-12(10-11)16(18)19)22-13-4-6-15(7-5-13)20-8-9-21-15/h1-3,10,13H,4-9H2. The molecule has 0 atom stereocenters. The van der Waals surface area contributed by atoms with Crippen LogP contribution >= 0.6 is 0 Å². The fourth-order valence-electron chi connectivity index (χ4n) is 2.90. The van der Waals surface area contributed by atoms with Crippen LogP contribution in [0.5, 0.6) is 0 Å². The minimum Gasteiger partial charge on any atom is -0.459 e. The van der Waals surface area contributed by atoms with Gasteiger partial charge in [0.1, 0.15) is 6.10 Å². The third-order valence-corrected chi connectivity index (χ3v) is 4.07. The minimum absolute atomic E-state index is 0.121. The molecule has 1 aromatic carbocycles. The molecule has 0 bridgehead atoms. The quantitative estimate of drug-likeness (QED) is 0.484. The molecule has 1 saturated heterocycles. The first kappa shape index (κ1) is 14.9. The fourth-order valence-corrected chi connectivity index (χ4v) is 2.90. The Balaban J connectivity index is 1.58. The number of nitrogens with zero attached hydrogens (tertiary/aromatic N) is 1. The molecule has 1 aromatic rings. The zero-order chi connectivity index (χ0) is 15.6. The van der Waals surface area contributed by atoms with Gasteiger partial charge >= 0.3 is 5.97 Å². The van der Waals surface area contributed by atoms with Gasteiger partial charge in [0, 0.05) is 25.0 Å². The van der Waals surface area contributed by atoms with E-state index in [2.05, 4.69) is 0 Å². The topological polar surface area (TPSA) is 87.9 Å². The molecule has 7 nitrogen and oxygen atoms in total. The van der Waals surface area contributed by atoms with Crippen LogP contribution in [0.2, 0.25) is 0 Å². The van der Waals surface area contributed by atoms with Crippen molar-refractivity contribution in [3.05, 3.63) is 39.9 Å². The van der Waals surface area contributed by atoms with Gasteiger partial charge in [-0.25, -0.2) is 4.79 Å². The summed E-state index contributed by atoms with van der Waals surface area (Å²) in [5.41, 5.74) is 0.0765. The first-order chi connectivity index (χ1) is 10.6. The maximum atomic E-state index is 12.1. The van der Waals surface area contributed by atoms with Crippen molar-refractivity contribution in [3.63, 3.8) is 0 Å². The maximum Gasteiger partial charge on any atom is 0.338 e.